The number of carboxylic acids is 1. The monoisotopic (exact) mass is 264 g/mol. The summed E-state index contributed by atoms with van der Waals surface area (Å²) in [4.78, 5) is 22.6. The summed E-state index contributed by atoms with van der Waals surface area (Å²) < 4.78 is 5.45. The number of carboxylic acid groups (broad SMARTS) is 1. The number of aryl methyl sites for hydroxylation is 1. The molecule has 0 aromatic heterocycles. The predicted molar refractivity (Wildman–Crippen MR) is 72.8 cm³/mol. The number of carbonyl (C=O) groups is 2. The van der Waals surface area contributed by atoms with E-state index in [0.717, 1.165) is 12.0 Å². The molecule has 0 aliphatic carbocycles. The highest BCUT2D eigenvalue weighted by Gasteiger charge is 2.13. The maximum Gasteiger partial charge on any atom is 0.303 e. The maximum atomic E-state index is 12.1. The topological polar surface area (TPSA) is 63.6 Å². The minimum Gasteiger partial charge on any atom is -0.493 e. The molecule has 0 saturated carbocycles. The van der Waals surface area contributed by atoms with Crippen LogP contribution in [0.2, 0.25) is 0 Å². The fraction of sp³-hybridized carbons (Fsp3) is 0.467. The summed E-state index contributed by atoms with van der Waals surface area (Å²) >= 11 is 0. The minimum atomic E-state index is -0.875. The fourth-order valence-electron chi connectivity index (χ4n) is 1.83. The lowest BCUT2D eigenvalue weighted by atomic mass is 10.0. The molecule has 19 heavy (non-hydrogen) atoms. The average Bonchev–Trinajstić information content (AvgIpc) is 2.39. The van der Waals surface area contributed by atoms with Crippen molar-refractivity contribution in [1.29, 1.82) is 0 Å². The Kier molecular flexibility index (Phi) is 6.06. The number of benzene rings is 1. The number of carbonyl (C=O) groups excluding carboxylic acids is 1. The molecule has 1 N–H and O–H groups in total. The highest BCUT2D eigenvalue weighted by Crippen LogP contribution is 2.23. The molecular weight excluding hydrogens is 244 g/mol. The number of hydrogen-bond acceptors (Lipinski definition) is 3. The zero-order valence-electron chi connectivity index (χ0n) is 11.4. The van der Waals surface area contributed by atoms with Crippen LogP contribution in [0.5, 0.6) is 5.75 Å². The summed E-state index contributed by atoms with van der Waals surface area (Å²) in [6, 6.07) is 5.60. The SMILES string of the molecule is CCOc1ccc(CC)cc1C(=O)CCCC(=O)O. The smallest absolute Gasteiger partial charge is 0.303 e. The molecule has 1 rings (SSSR count). The van der Waals surface area contributed by atoms with Gasteiger partial charge in [0.05, 0.1) is 12.2 Å². The van der Waals surface area contributed by atoms with E-state index in [4.69, 9.17) is 9.84 Å². The van der Waals surface area contributed by atoms with Gasteiger partial charge in [0, 0.05) is 12.8 Å². The summed E-state index contributed by atoms with van der Waals surface area (Å²) in [7, 11) is 0. The molecule has 104 valence electrons. The maximum absolute atomic E-state index is 12.1. The molecule has 0 heterocycles. The first-order chi connectivity index (χ1) is 9.08. The molecule has 4 nitrogen and oxygen atoms in total. The van der Waals surface area contributed by atoms with Crippen molar-refractivity contribution in [3.8, 4) is 5.75 Å². The van der Waals surface area contributed by atoms with Gasteiger partial charge in [0.1, 0.15) is 5.75 Å². The van der Waals surface area contributed by atoms with E-state index in [-0.39, 0.29) is 18.6 Å². The number of Topliss-reactive ketones (excluding diaryl/α,β-unsaturated/α-hetero) is 1. The molecule has 0 radical (unpaired) electrons. The number of aliphatic carboxylic acids is 1. The second kappa shape index (κ2) is 7.56. The van der Waals surface area contributed by atoms with Crippen LogP contribution in [0, 0.1) is 0 Å². The van der Waals surface area contributed by atoms with Gasteiger partial charge >= 0.3 is 5.97 Å². The molecular formula is C15H20O4. The Balaban J connectivity index is 2.82. The average molecular weight is 264 g/mol. The van der Waals surface area contributed by atoms with Crippen molar-refractivity contribution in [1.82, 2.24) is 0 Å². The van der Waals surface area contributed by atoms with Gasteiger partial charge < -0.3 is 9.84 Å². The van der Waals surface area contributed by atoms with E-state index in [1.165, 1.54) is 0 Å². The van der Waals surface area contributed by atoms with E-state index in [2.05, 4.69) is 0 Å². The van der Waals surface area contributed by atoms with Gasteiger partial charge in [0.15, 0.2) is 5.78 Å². The zero-order chi connectivity index (χ0) is 14.3. The first kappa shape index (κ1) is 15.2. The molecule has 0 aliphatic heterocycles. The molecule has 0 saturated heterocycles. The number of ether oxygens (including phenoxy) is 1. The highest BCUT2D eigenvalue weighted by atomic mass is 16.5. The second-order valence-electron chi connectivity index (χ2n) is 4.29. The van der Waals surface area contributed by atoms with Gasteiger partial charge in [-0.25, -0.2) is 0 Å². The molecule has 0 fully saturated rings. The van der Waals surface area contributed by atoms with Crippen LogP contribution in [0.25, 0.3) is 0 Å². The van der Waals surface area contributed by atoms with Crippen LogP contribution in [-0.2, 0) is 11.2 Å². The fourth-order valence-corrected chi connectivity index (χ4v) is 1.83. The normalized spacial score (nSPS) is 10.2. The van der Waals surface area contributed by atoms with E-state index in [9.17, 15) is 9.59 Å². The van der Waals surface area contributed by atoms with Crippen molar-refractivity contribution in [3.63, 3.8) is 0 Å². The lowest BCUT2D eigenvalue weighted by Crippen LogP contribution is -2.06. The van der Waals surface area contributed by atoms with Crippen LogP contribution in [0.3, 0.4) is 0 Å². The Hall–Kier alpha value is -1.84. The summed E-state index contributed by atoms with van der Waals surface area (Å²) in [6.45, 7) is 4.39. The van der Waals surface area contributed by atoms with Crippen LogP contribution < -0.4 is 4.74 Å². The highest BCUT2D eigenvalue weighted by molar-refractivity contribution is 5.99. The third-order valence-electron chi connectivity index (χ3n) is 2.85. The van der Waals surface area contributed by atoms with Crippen molar-refractivity contribution < 1.29 is 19.4 Å². The molecule has 4 heteroatoms. The Bertz CT molecular complexity index is 451. The molecule has 0 bridgehead atoms. The Morgan fingerprint density at radius 1 is 1.21 bits per heavy atom. The van der Waals surface area contributed by atoms with Gasteiger partial charge in [0.25, 0.3) is 0 Å². The summed E-state index contributed by atoms with van der Waals surface area (Å²) in [5.74, 6) is -0.347. The molecule has 0 amide bonds. The van der Waals surface area contributed by atoms with Gasteiger partial charge in [-0.1, -0.05) is 13.0 Å². The Morgan fingerprint density at radius 3 is 2.53 bits per heavy atom. The van der Waals surface area contributed by atoms with E-state index < -0.39 is 5.97 Å². The number of hydrogen-bond donors (Lipinski definition) is 1. The largest absolute Gasteiger partial charge is 0.493 e. The van der Waals surface area contributed by atoms with Crippen LogP contribution in [0.4, 0.5) is 0 Å². The van der Waals surface area contributed by atoms with Crippen molar-refractivity contribution in [2.75, 3.05) is 6.61 Å². The van der Waals surface area contributed by atoms with Crippen molar-refractivity contribution in [2.45, 2.75) is 39.5 Å². The lowest BCUT2D eigenvalue weighted by molar-refractivity contribution is -0.137. The first-order valence-electron chi connectivity index (χ1n) is 6.59. The summed E-state index contributed by atoms with van der Waals surface area (Å²) in [5.41, 5.74) is 1.64. The van der Waals surface area contributed by atoms with Crippen molar-refractivity contribution in [2.24, 2.45) is 0 Å². The van der Waals surface area contributed by atoms with Gasteiger partial charge in [-0.2, -0.15) is 0 Å². The standard InChI is InChI=1S/C15H20O4/c1-3-11-8-9-14(19-4-2)12(10-11)13(16)6-5-7-15(17)18/h8-10H,3-7H2,1-2H3,(H,17,18). The van der Waals surface area contributed by atoms with Crippen LogP contribution in [-0.4, -0.2) is 23.5 Å². The van der Waals surface area contributed by atoms with Gasteiger partial charge in [-0.05, 0) is 37.5 Å². The van der Waals surface area contributed by atoms with E-state index >= 15 is 0 Å². The molecule has 0 unspecified atom stereocenters. The van der Waals surface area contributed by atoms with Crippen LogP contribution in [0.15, 0.2) is 18.2 Å². The number of ketones is 1. The Labute approximate surface area is 113 Å². The Morgan fingerprint density at radius 2 is 1.95 bits per heavy atom. The van der Waals surface area contributed by atoms with Crippen LogP contribution >= 0.6 is 0 Å². The van der Waals surface area contributed by atoms with Crippen LogP contribution in [0.1, 0.15) is 49.0 Å². The van der Waals surface area contributed by atoms with Gasteiger partial charge in [-0.3, -0.25) is 9.59 Å². The van der Waals surface area contributed by atoms with Crippen molar-refractivity contribution in [3.05, 3.63) is 29.3 Å². The van der Waals surface area contributed by atoms with Gasteiger partial charge in [-0.15, -0.1) is 0 Å². The van der Waals surface area contributed by atoms with E-state index in [1.54, 1.807) is 0 Å². The molecule has 0 spiro atoms. The third kappa shape index (κ3) is 4.73. The minimum absolute atomic E-state index is 0.0170. The van der Waals surface area contributed by atoms with Gasteiger partial charge in [0.2, 0.25) is 0 Å². The lowest BCUT2D eigenvalue weighted by Gasteiger charge is -2.10. The van der Waals surface area contributed by atoms with Crippen molar-refractivity contribution >= 4 is 11.8 Å². The molecule has 1 aromatic rings. The second-order valence-corrected chi connectivity index (χ2v) is 4.29. The molecule has 0 aliphatic rings. The summed E-state index contributed by atoms with van der Waals surface area (Å²) in [5, 5.41) is 8.58. The van der Waals surface area contributed by atoms with E-state index in [0.29, 0.717) is 24.3 Å². The summed E-state index contributed by atoms with van der Waals surface area (Å²) in [6.07, 6.45) is 1.46. The number of rotatable bonds is 8. The zero-order valence-corrected chi connectivity index (χ0v) is 11.4. The molecule has 0 atom stereocenters. The molecule has 1 aromatic carbocycles. The van der Waals surface area contributed by atoms with E-state index in [1.807, 2.05) is 32.0 Å². The predicted octanol–water partition coefficient (Wildman–Crippen LogP) is 3.09. The quantitative estimate of drug-likeness (QED) is 0.733. The third-order valence-corrected chi connectivity index (χ3v) is 2.85. The first-order valence-corrected chi connectivity index (χ1v) is 6.59.